The SMILES string of the molecule is NC(=O)CC[C@H](NCC(=O)C(=O)O)C(=O)O.N[C@@H](CS)C(=O)O. The van der Waals surface area contributed by atoms with Crippen LogP contribution in [0.15, 0.2) is 0 Å². The van der Waals surface area contributed by atoms with Crippen molar-refractivity contribution in [1.29, 1.82) is 0 Å². The predicted octanol–water partition coefficient (Wildman–Crippen LogP) is -2.72. The van der Waals surface area contributed by atoms with Crippen LogP contribution in [0, 0.1) is 0 Å². The predicted molar refractivity (Wildman–Crippen MR) is 80.0 cm³/mol. The van der Waals surface area contributed by atoms with Crippen LogP contribution in [-0.4, -0.2) is 69.3 Å². The van der Waals surface area contributed by atoms with Gasteiger partial charge in [-0.3, -0.25) is 24.5 Å². The van der Waals surface area contributed by atoms with Gasteiger partial charge >= 0.3 is 17.9 Å². The van der Waals surface area contributed by atoms with E-state index < -0.39 is 48.2 Å². The third-order valence-corrected chi connectivity index (χ3v) is 2.63. The first kappa shape index (κ1) is 23.1. The Kier molecular flexibility index (Phi) is 12.4. The monoisotopic (exact) mass is 353 g/mol. The molecule has 0 saturated carbocycles. The molecule has 132 valence electrons. The van der Waals surface area contributed by atoms with E-state index in [2.05, 4.69) is 17.9 Å². The summed E-state index contributed by atoms with van der Waals surface area (Å²) in [6, 6.07) is -1.99. The first-order chi connectivity index (χ1) is 10.5. The Balaban J connectivity index is 0. The lowest BCUT2D eigenvalue weighted by atomic mass is 10.1. The van der Waals surface area contributed by atoms with Gasteiger partial charge in [0, 0.05) is 12.2 Å². The maximum atomic E-state index is 10.7. The van der Waals surface area contributed by atoms with Crippen molar-refractivity contribution in [2.45, 2.75) is 24.9 Å². The van der Waals surface area contributed by atoms with E-state index in [0.717, 1.165) is 0 Å². The maximum Gasteiger partial charge on any atom is 0.373 e. The number of carbonyl (C=O) groups excluding carboxylic acids is 2. The normalized spacial score (nSPS) is 12.3. The smallest absolute Gasteiger partial charge is 0.373 e. The molecule has 0 radical (unpaired) electrons. The van der Waals surface area contributed by atoms with E-state index in [0.29, 0.717) is 0 Å². The van der Waals surface area contributed by atoms with Crippen LogP contribution < -0.4 is 16.8 Å². The summed E-state index contributed by atoms with van der Waals surface area (Å²) in [5, 5.41) is 27.1. The molecule has 0 aliphatic heterocycles. The van der Waals surface area contributed by atoms with Crippen molar-refractivity contribution in [3.8, 4) is 0 Å². The van der Waals surface area contributed by atoms with Gasteiger partial charge in [0.25, 0.3) is 5.78 Å². The van der Waals surface area contributed by atoms with E-state index in [-0.39, 0.29) is 18.6 Å². The number of nitrogens with one attached hydrogen (secondary N) is 1. The molecule has 11 nitrogen and oxygen atoms in total. The summed E-state index contributed by atoms with van der Waals surface area (Å²) < 4.78 is 0. The summed E-state index contributed by atoms with van der Waals surface area (Å²) in [4.78, 5) is 51.6. The number of hydrogen-bond acceptors (Lipinski definition) is 8. The van der Waals surface area contributed by atoms with Crippen LogP contribution in [0.5, 0.6) is 0 Å². The fourth-order valence-corrected chi connectivity index (χ4v) is 1.13. The molecule has 0 aromatic carbocycles. The highest BCUT2D eigenvalue weighted by Crippen LogP contribution is 1.97. The van der Waals surface area contributed by atoms with Crippen molar-refractivity contribution in [3.05, 3.63) is 0 Å². The van der Waals surface area contributed by atoms with Crippen molar-refractivity contribution in [2.24, 2.45) is 11.5 Å². The highest BCUT2D eigenvalue weighted by atomic mass is 32.1. The molecule has 0 heterocycles. The van der Waals surface area contributed by atoms with Gasteiger partial charge in [-0.15, -0.1) is 0 Å². The van der Waals surface area contributed by atoms with Gasteiger partial charge in [0.1, 0.15) is 12.1 Å². The fraction of sp³-hybridized carbons (Fsp3) is 0.545. The maximum absolute atomic E-state index is 10.7. The topological polar surface area (TPSA) is 210 Å². The number of carboxylic acids is 3. The molecule has 2 atom stereocenters. The van der Waals surface area contributed by atoms with Gasteiger partial charge in [0.2, 0.25) is 5.91 Å². The molecule has 12 heteroatoms. The molecule has 0 aliphatic rings. The minimum absolute atomic E-state index is 0.0996. The van der Waals surface area contributed by atoms with Crippen molar-refractivity contribution in [3.63, 3.8) is 0 Å². The van der Waals surface area contributed by atoms with Crippen LogP contribution >= 0.6 is 12.6 Å². The number of nitrogens with two attached hydrogens (primary N) is 2. The van der Waals surface area contributed by atoms with Crippen LogP contribution in [0.25, 0.3) is 0 Å². The number of carbonyl (C=O) groups is 5. The highest BCUT2D eigenvalue weighted by molar-refractivity contribution is 7.80. The standard InChI is InChI=1S/C8H12N2O6.C3H7NO2S/c9-6(12)2-1-4(7(13)14)10-3-5(11)8(15)16;4-2(1-7)3(5)6/h4,10H,1-3H2,(H2,9,12)(H,13,14)(H,15,16);2,7H,1,4H2,(H,5,6)/t4-;2-/m00/s1. The minimum atomic E-state index is -1.65. The second-order valence-corrected chi connectivity index (χ2v) is 4.50. The third kappa shape index (κ3) is 13.2. The number of ketones is 1. The Bertz CT molecular complexity index is 457. The third-order valence-electron chi connectivity index (χ3n) is 2.24. The summed E-state index contributed by atoms with van der Waals surface area (Å²) in [7, 11) is 0. The molecule has 0 spiro atoms. The minimum Gasteiger partial charge on any atom is -0.480 e. The number of hydrogen-bond donors (Lipinski definition) is 7. The molecule has 0 fully saturated rings. The zero-order valence-corrected chi connectivity index (χ0v) is 12.9. The van der Waals surface area contributed by atoms with Gasteiger partial charge in [-0.1, -0.05) is 0 Å². The average Bonchev–Trinajstić information content (AvgIpc) is 2.45. The molecule has 0 aromatic heterocycles. The molecule has 0 rings (SSSR count). The number of rotatable bonds is 10. The van der Waals surface area contributed by atoms with E-state index in [4.69, 9.17) is 26.8 Å². The van der Waals surface area contributed by atoms with Gasteiger partial charge in [-0.05, 0) is 6.42 Å². The van der Waals surface area contributed by atoms with Crippen LogP contribution in [0.1, 0.15) is 12.8 Å². The Morgan fingerprint density at radius 1 is 1.04 bits per heavy atom. The van der Waals surface area contributed by atoms with E-state index in [1.165, 1.54) is 0 Å². The molecule has 0 saturated heterocycles. The molecule has 8 N–H and O–H groups in total. The lowest BCUT2D eigenvalue weighted by molar-refractivity contribution is -0.149. The number of aliphatic carboxylic acids is 3. The van der Waals surface area contributed by atoms with Gasteiger partial charge in [-0.25, -0.2) is 4.79 Å². The number of carboxylic acid groups (broad SMARTS) is 3. The van der Waals surface area contributed by atoms with E-state index >= 15 is 0 Å². The molecule has 1 amide bonds. The zero-order chi connectivity index (χ0) is 18.6. The van der Waals surface area contributed by atoms with Crippen LogP contribution in [0.3, 0.4) is 0 Å². The second kappa shape index (κ2) is 12.4. The molecular weight excluding hydrogens is 334 g/mol. The van der Waals surface area contributed by atoms with Crippen LogP contribution in [-0.2, 0) is 24.0 Å². The first-order valence-electron chi connectivity index (χ1n) is 6.12. The fourth-order valence-electron chi connectivity index (χ4n) is 0.969. The molecule has 0 aromatic rings. The van der Waals surface area contributed by atoms with Gasteiger partial charge < -0.3 is 26.8 Å². The number of amides is 1. The summed E-state index contributed by atoms with van der Waals surface area (Å²) in [6.45, 7) is -0.606. The van der Waals surface area contributed by atoms with Gasteiger partial charge in [0.05, 0.1) is 6.54 Å². The van der Waals surface area contributed by atoms with Gasteiger partial charge in [0.15, 0.2) is 0 Å². The van der Waals surface area contributed by atoms with Crippen molar-refractivity contribution >= 4 is 42.2 Å². The molecular formula is C11H19N3O8S. The first-order valence-corrected chi connectivity index (χ1v) is 6.76. The summed E-state index contributed by atoms with van der Waals surface area (Å²) in [6.07, 6.45) is -0.261. The molecule has 0 aliphatic carbocycles. The van der Waals surface area contributed by atoms with Crippen molar-refractivity contribution in [1.82, 2.24) is 5.32 Å². The average molecular weight is 353 g/mol. The zero-order valence-electron chi connectivity index (χ0n) is 12.0. The summed E-state index contributed by atoms with van der Waals surface area (Å²) in [5.41, 5.74) is 9.76. The Morgan fingerprint density at radius 3 is 1.83 bits per heavy atom. The number of thiol groups is 1. The summed E-state index contributed by atoms with van der Waals surface area (Å²) in [5.74, 6) is -5.56. The number of Topliss-reactive ketones (excluding diaryl/α,β-unsaturated/α-hetero) is 1. The summed E-state index contributed by atoms with van der Waals surface area (Å²) >= 11 is 3.65. The van der Waals surface area contributed by atoms with Crippen LogP contribution in [0.2, 0.25) is 0 Å². The van der Waals surface area contributed by atoms with Crippen molar-refractivity contribution < 1.29 is 39.3 Å². The quantitative estimate of drug-likeness (QED) is 0.159. The van der Waals surface area contributed by atoms with Crippen molar-refractivity contribution in [2.75, 3.05) is 12.3 Å². The largest absolute Gasteiger partial charge is 0.480 e. The Labute approximate surface area is 136 Å². The Hall–Kier alpha value is -2.18. The van der Waals surface area contributed by atoms with E-state index in [1.807, 2.05) is 0 Å². The molecule has 0 bridgehead atoms. The molecule has 23 heavy (non-hydrogen) atoms. The Morgan fingerprint density at radius 2 is 1.57 bits per heavy atom. The lowest BCUT2D eigenvalue weighted by Crippen LogP contribution is -2.41. The van der Waals surface area contributed by atoms with Gasteiger partial charge in [-0.2, -0.15) is 12.6 Å². The van der Waals surface area contributed by atoms with Crippen LogP contribution in [0.4, 0.5) is 0 Å². The second-order valence-electron chi connectivity index (χ2n) is 4.13. The highest BCUT2D eigenvalue weighted by Gasteiger charge is 2.20. The van der Waals surface area contributed by atoms with E-state index in [1.54, 1.807) is 0 Å². The molecule has 0 unspecified atom stereocenters. The lowest BCUT2D eigenvalue weighted by Gasteiger charge is -2.11. The van der Waals surface area contributed by atoms with E-state index in [9.17, 15) is 24.0 Å². The number of primary amides is 1.